The molecule has 2 aromatic carbocycles. The van der Waals surface area contributed by atoms with Crippen molar-refractivity contribution in [3.8, 4) is 5.75 Å². The number of carbonyl (C=O) groups excluding carboxylic acids is 2. The van der Waals surface area contributed by atoms with Crippen LogP contribution in [0.2, 0.25) is 0 Å². The van der Waals surface area contributed by atoms with Gasteiger partial charge in [0.25, 0.3) is 0 Å². The monoisotopic (exact) mass is 339 g/mol. The molecule has 1 fully saturated rings. The van der Waals surface area contributed by atoms with Crippen LogP contribution in [0.3, 0.4) is 0 Å². The van der Waals surface area contributed by atoms with Gasteiger partial charge in [-0.05, 0) is 30.3 Å². The molecule has 3 rings (SSSR count). The van der Waals surface area contributed by atoms with Crippen LogP contribution in [0.25, 0.3) is 0 Å². The molecule has 0 aliphatic carbocycles. The molecule has 2 aromatic rings. The third-order valence-electron chi connectivity index (χ3n) is 4.14. The Bertz CT molecular complexity index is 741. The van der Waals surface area contributed by atoms with Gasteiger partial charge in [0.05, 0.1) is 0 Å². The van der Waals surface area contributed by atoms with Crippen LogP contribution in [0.15, 0.2) is 54.6 Å². The van der Waals surface area contributed by atoms with Gasteiger partial charge in [0.15, 0.2) is 0 Å². The summed E-state index contributed by atoms with van der Waals surface area (Å²) < 4.78 is 5.24. The first kappa shape index (κ1) is 16.8. The predicted molar refractivity (Wildman–Crippen MR) is 97.0 cm³/mol. The van der Waals surface area contributed by atoms with Crippen LogP contribution in [0, 0.1) is 0 Å². The number of piperazine rings is 1. The molecule has 1 N–H and O–H groups in total. The quantitative estimate of drug-likeness (QED) is 0.934. The van der Waals surface area contributed by atoms with E-state index in [1.807, 2.05) is 47.4 Å². The number of benzene rings is 2. The second kappa shape index (κ2) is 7.70. The normalized spacial score (nSPS) is 14.1. The van der Waals surface area contributed by atoms with Crippen molar-refractivity contribution in [3.63, 3.8) is 0 Å². The lowest BCUT2D eigenvalue weighted by Gasteiger charge is -2.35. The summed E-state index contributed by atoms with van der Waals surface area (Å²) in [7, 11) is 0. The van der Waals surface area contributed by atoms with Crippen LogP contribution in [-0.2, 0) is 4.79 Å². The van der Waals surface area contributed by atoms with Crippen molar-refractivity contribution in [2.75, 3.05) is 36.4 Å². The summed E-state index contributed by atoms with van der Waals surface area (Å²) in [6.07, 6.45) is -0.523. The number of carbonyl (C=O) groups is 2. The summed E-state index contributed by atoms with van der Waals surface area (Å²) in [5.74, 6) is 0.607. The van der Waals surface area contributed by atoms with Crippen molar-refractivity contribution in [1.29, 1.82) is 0 Å². The molecule has 130 valence electrons. The fourth-order valence-electron chi connectivity index (χ4n) is 2.80. The smallest absolute Gasteiger partial charge is 0.410 e. The van der Waals surface area contributed by atoms with Crippen LogP contribution in [0.5, 0.6) is 5.75 Å². The molecule has 0 unspecified atom stereocenters. The van der Waals surface area contributed by atoms with Gasteiger partial charge in [0, 0.05) is 44.5 Å². The third-order valence-corrected chi connectivity index (χ3v) is 4.14. The van der Waals surface area contributed by atoms with Crippen molar-refractivity contribution in [3.05, 3.63) is 54.6 Å². The number of nitrogens with one attached hydrogen (secondary N) is 1. The molecular formula is C19H21N3O3. The summed E-state index contributed by atoms with van der Waals surface area (Å²) >= 11 is 0. The first-order valence-corrected chi connectivity index (χ1v) is 8.26. The number of nitrogens with zero attached hydrogens (tertiary/aromatic N) is 2. The molecule has 1 aliphatic rings. The Kier molecular flexibility index (Phi) is 5.18. The van der Waals surface area contributed by atoms with E-state index in [1.54, 1.807) is 19.1 Å². The van der Waals surface area contributed by atoms with Gasteiger partial charge in [-0.3, -0.25) is 10.1 Å². The Labute approximate surface area is 147 Å². The van der Waals surface area contributed by atoms with Crippen molar-refractivity contribution in [2.24, 2.45) is 0 Å². The standard InChI is InChI=1S/C19H21N3O3/c1-15(23)21-10-12-22(13-11-21)17-7-5-6-16(14-17)20-19(24)25-18-8-3-2-4-9-18/h2-9,14H,10-13H2,1H3,(H,20,24). The second-order valence-corrected chi connectivity index (χ2v) is 5.87. The van der Waals surface area contributed by atoms with Crippen molar-refractivity contribution >= 4 is 23.4 Å². The van der Waals surface area contributed by atoms with Crippen LogP contribution in [0.1, 0.15) is 6.92 Å². The maximum absolute atomic E-state index is 12.0. The van der Waals surface area contributed by atoms with Crippen LogP contribution >= 0.6 is 0 Å². The van der Waals surface area contributed by atoms with E-state index in [0.29, 0.717) is 24.5 Å². The van der Waals surface area contributed by atoms with E-state index in [1.165, 1.54) is 0 Å². The number of amides is 2. The Balaban J connectivity index is 1.60. The molecule has 1 saturated heterocycles. The van der Waals surface area contributed by atoms with Crippen molar-refractivity contribution in [2.45, 2.75) is 6.92 Å². The molecule has 0 spiro atoms. The summed E-state index contributed by atoms with van der Waals surface area (Å²) in [5, 5.41) is 2.74. The molecule has 0 atom stereocenters. The molecule has 1 heterocycles. The number of hydrogen-bond donors (Lipinski definition) is 1. The van der Waals surface area contributed by atoms with Gasteiger partial charge < -0.3 is 14.5 Å². The number of ether oxygens (including phenoxy) is 1. The zero-order valence-corrected chi connectivity index (χ0v) is 14.1. The number of para-hydroxylation sites is 1. The average molecular weight is 339 g/mol. The van der Waals surface area contributed by atoms with Gasteiger partial charge in [-0.15, -0.1) is 0 Å². The van der Waals surface area contributed by atoms with E-state index in [-0.39, 0.29) is 5.91 Å². The fraction of sp³-hybridized carbons (Fsp3) is 0.263. The van der Waals surface area contributed by atoms with Gasteiger partial charge in [0.1, 0.15) is 5.75 Å². The van der Waals surface area contributed by atoms with Crippen LogP contribution in [-0.4, -0.2) is 43.1 Å². The summed E-state index contributed by atoms with van der Waals surface area (Å²) in [6, 6.07) is 16.6. The maximum Gasteiger partial charge on any atom is 0.417 e. The zero-order chi connectivity index (χ0) is 17.6. The van der Waals surface area contributed by atoms with Gasteiger partial charge in [0.2, 0.25) is 5.91 Å². The lowest BCUT2D eigenvalue weighted by molar-refractivity contribution is -0.129. The highest BCUT2D eigenvalue weighted by molar-refractivity contribution is 5.87. The molecule has 6 nitrogen and oxygen atoms in total. The SMILES string of the molecule is CC(=O)N1CCN(c2cccc(NC(=O)Oc3ccccc3)c2)CC1. The van der Waals surface area contributed by atoms with Gasteiger partial charge >= 0.3 is 6.09 Å². The molecule has 1 aliphatic heterocycles. The Hall–Kier alpha value is -3.02. The molecule has 2 amide bonds. The maximum atomic E-state index is 12.0. The van der Waals surface area contributed by atoms with E-state index < -0.39 is 6.09 Å². The summed E-state index contributed by atoms with van der Waals surface area (Å²) in [5.41, 5.74) is 1.69. The highest BCUT2D eigenvalue weighted by atomic mass is 16.6. The average Bonchev–Trinajstić information content (AvgIpc) is 2.63. The van der Waals surface area contributed by atoms with Crippen molar-refractivity contribution in [1.82, 2.24) is 4.90 Å². The van der Waals surface area contributed by atoms with Crippen LogP contribution in [0.4, 0.5) is 16.2 Å². The Morgan fingerprint density at radius 3 is 2.36 bits per heavy atom. The van der Waals surface area contributed by atoms with E-state index in [0.717, 1.165) is 18.8 Å². The van der Waals surface area contributed by atoms with E-state index in [9.17, 15) is 9.59 Å². The molecule has 0 saturated carbocycles. The lowest BCUT2D eigenvalue weighted by Crippen LogP contribution is -2.48. The molecule has 0 radical (unpaired) electrons. The largest absolute Gasteiger partial charge is 0.417 e. The van der Waals surface area contributed by atoms with E-state index in [4.69, 9.17) is 4.74 Å². The third kappa shape index (κ3) is 4.50. The van der Waals surface area contributed by atoms with Gasteiger partial charge in [-0.2, -0.15) is 0 Å². The first-order chi connectivity index (χ1) is 12.1. The second-order valence-electron chi connectivity index (χ2n) is 5.87. The lowest BCUT2D eigenvalue weighted by atomic mass is 10.2. The Morgan fingerprint density at radius 2 is 1.68 bits per heavy atom. The summed E-state index contributed by atoms with van der Waals surface area (Å²) in [4.78, 5) is 27.5. The number of anilines is 2. The highest BCUT2D eigenvalue weighted by Crippen LogP contribution is 2.21. The van der Waals surface area contributed by atoms with E-state index in [2.05, 4.69) is 10.2 Å². The highest BCUT2D eigenvalue weighted by Gasteiger charge is 2.19. The topological polar surface area (TPSA) is 61.9 Å². The summed E-state index contributed by atoms with van der Waals surface area (Å²) in [6.45, 7) is 4.57. The number of hydrogen-bond acceptors (Lipinski definition) is 4. The zero-order valence-electron chi connectivity index (χ0n) is 14.1. The molecular weight excluding hydrogens is 318 g/mol. The minimum absolute atomic E-state index is 0.110. The van der Waals surface area contributed by atoms with Gasteiger partial charge in [-0.1, -0.05) is 24.3 Å². The fourth-order valence-corrected chi connectivity index (χ4v) is 2.80. The number of rotatable bonds is 3. The molecule has 6 heteroatoms. The molecule has 0 bridgehead atoms. The molecule has 0 aromatic heterocycles. The Morgan fingerprint density at radius 1 is 0.960 bits per heavy atom. The van der Waals surface area contributed by atoms with E-state index >= 15 is 0 Å². The minimum Gasteiger partial charge on any atom is -0.410 e. The predicted octanol–water partition coefficient (Wildman–Crippen LogP) is 2.97. The van der Waals surface area contributed by atoms with Crippen LogP contribution < -0.4 is 15.0 Å². The van der Waals surface area contributed by atoms with Crippen molar-refractivity contribution < 1.29 is 14.3 Å². The van der Waals surface area contributed by atoms with Gasteiger partial charge in [-0.25, -0.2) is 4.79 Å². The minimum atomic E-state index is -0.523. The molecule has 25 heavy (non-hydrogen) atoms. The first-order valence-electron chi connectivity index (χ1n) is 8.26.